The minimum Gasteiger partial charge on any atom is -0.490 e. The van der Waals surface area contributed by atoms with Crippen molar-refractivity contribution < 1.29 is 28.9 Å². The number of nitro groups is 2. The minimum absolute atomic E-state index is 0.00840. The van der Waals surface area contributed by atoms with Crippen LogP contribution in [0.3, 0.4) is 0 Å². The van der Waals surface area contributed by atoms with Gasteiger partial charge < -0.3 is 14.2 Å². The molecule has 4 rings (SSSR count). The van der Waals surface area contributed by atoms with Gasteiger partial charge in [0.15, 0.2) is 17.2 Å². The van der Waals surface area contributed by atoms with E-state index in [4.69, 9.17) is 25.8 Å². The molecule has 0 unspecified atom stereocenters. The Kier molecular flexibility index (Phi) is 7.68. The molecule has 12 heteroatoms. The molecule has 194 valence electrons. The van der Waals surface area contributed by atoms with E-state index in [1.54, 1.807) is 38.1 Å². The van der Waals surface area contributed by atoms with Crippen LogP contribution in [0.15, 0.2) is 65.3 Å². The summed E-state index contributed by atoms with van der Waals surface area (Å²) in [5, 5.41) is 22.1. The van der Waals surface area contributed by atoms with Crippen LogP contribution in [0.4, 0.5) is 11.4 Å². The number of ether oxygens (including phenoxy) is 3. The molecule has 0 aromatic heterocycles. The number of cyclic esters (lactones) is 1. The van der Waals surface area contributed by atoms with Gasteiger partial charge in [-0.1, -0.05) is 11.6 Å². The van der Waals surface area contributed by atoms with E-state index in [9.17, 15) is 25.0 Å². The molecule has 0 amide bonds. The largest absolute Gasteiger partial charge is 0.490 e. The van der Waals surface area contributed by atoms with E-state index in [-0.39, 0.29) is 40.3 Å². The van der Waals surface area contributed by atoms with Crippen molar-refractivity contribution in [1.29, 1.82) is 0 Å². The van der Waals surface area contributed by atoms with Gasteiger partial charge >= 0.3 is 5.97 Å². The lowest BCUT2D eigenvalue weighted by Gasteiger charge is -2.14. The predicted octanol–water partition coefficient (Wildman–Crippen LogP) is 5.79. The molecule has 3 aromatic carbocycles. The second kappa shape index (κ2) is 11.1. The van der Waals surface area contributed by atoms with E-state index in [1.807, 2.05) is 0 Å². The molecule has 0 saturated heterocycles. The van der Waals surface area contributed by atoms with Crippen LogP contribution in [0.1, 0.15) is 29.2 Å². The predicted molar refractivity (Wildman–Crippen MR) is 138 cm³/mol. The Morgan fingerprint density at radius 1 is 1.03 bits per heavy atom. The number of nitro benzene ring substituents is 2. The summed E-state index contributed by atoms with van der Waals surface area (Å²) in [6.45, 7) is 3.77. The number of nitrogens with zero attached hydrogens (tertiary/aromatic N) is 3. The van der Waals surface area contributed by atoms with Gasteiger partial charge in [-0.2, -0.15) is 0 Å². The van der Waals surface area contributed by atoms with Crippen LogP contribution in [-0.2, 0) is 16.1 Å². The van der Waals surface area contributed by atoms with Gasteiger partial charge in [0.2, 0.25) is 5.90 Å². The molecule has 0 bridgehead atoms. The quantitative estimate of drug-likeness (QED) is 0.144. The molecule has 0 fully saturated rings. The topological polar surface area (TPSA) is 143 Å². The number of hydrogen-bond acceptors (Lipinski definition) is 9. The third-order valence-electron chi connectivity index (χ3n) is 5.43. The summed E-state index contributed by atoms with van der Waals surface area (Å²) >= 11 is 6.48. The lowest BCUT2D eigenvalue weighted by Crippen LogP contribution is -2.06. The van der Waals surface area contributed by atoms with Crippen molar-refractivity contribution in [2.24, 2.45) is 4.99 Å². The highest BCUT2D eigenvalue weighted by atomic mass is 35.5. The monoisotopic (exact) mass is 537 g/mol. The average molecular weight is 538 g/mol. The van der Waals surface area contributed by atoms with Crippen LogP contribution >= 0.6 is 11.6 Å². The molecule has 11 nitrogen and oxygen atoms in total. The van der Waals surface area contributed by atoms with Gasteiger partial charge in [0, 0.05) is 29.3 Å². The molecule has 0 aliphatic carbocycles. The van der Waals surface area contributed by atoms with Crippen LogP contribution in [0.25, 0.3) is 6.08 Å². The highest BCUT2D eigenvalue weighted by Crippen LogP contribution is 2.38. The molecule has 1 heterocycles. The Balaban J connectivity index is 1.58. The van der Waals surface area contributed by atoms with Gasteiger partial charge in [0.1, 0.15) is 6.61 Å². The fourth-order valence-electron chi connectivity index (χ4n) is 3.63. The lowest BCUT2D eigenvalue weighted by molar-refractivity contribution is -0.385. The SMILES string of the molecule is CCOc1cc(/C=C2\N=C(c3ccc([N+](=O)[O-])c(C)c3)OC2=O)cc(Cl)c1OCc1ccc([N+](=O)[O-])cc1. The zero-order valence-electron chi connectivity index (χ0n) is 20.2. The number of carbonyl (C=O) groups is 1. The third kappa shape index (κ3) is 5.79. The first-order chi connectivity index (χ1) is 18.2. The Labute approximate surface area is 221 Å². The number of esters is 1. The standard InChI is InChI=1S/C26H20ClN3O8/c1-3-36-23-13-17(11-20(27)24(23)37-14-16-4-7-19(8-5-16)29(32)33)12-21-26(31)38-25(28-21)18-6-9-22(30(34)35)15(2)10-18/h4-13H,3,14H2,1-2H3/b21-12-. The van der Waals surface area contributed by atoms with Gasteiger partial charge in [-0.15, -0.1) is 0 Å². The maximum Gasteiger partial charge on any atom is 0.363 e. The molecule has 0 radical (unpaired) electrons. The average Bonchev–Trinajstić information content (AvgIpc) is 3.23. The van der Waals surface area contributed by atoms with Gasteiger partial charge in [-0.05, 0) is 67.4 Å². The van der Waals surface area contributed by atoms with Crippen LogP contribution in [0, 0.1) is 27.2 Å². The summed E-state index contributed by atoms with van der Waals surface area (Å²) in [6, 6.07) is 13.4. The zero-order valence-corrected chi connectivity index (χ0v) is 20.9. The Bertz CT molecular complexity index is 1500. The molecule has 0 saturated carbocycles. The van der Waals surface area contributed by atoms with Crippen molar-refractivity contribution >= 4 is 40.9 Å². The highest BCUT2D eigenvalue weighted by molar-refractivity contribution is 6.32. The van der Waals surface area contributed by atoms with Crippen LogP contribution in [0.2, 0.25) is 5.02 Å². The van der Waals surface area contributed by atoms with Crippen LogP contribution in [-0.4, -0.2) is 28.3 Å². The minimum atomic E-state index is -0.691. The first-order valence-electron chi connectivity index (χ1n) is 11.3. The van der Waals surface area contributed by atoms with Gasteiger partial charge in [-0.25, -0.2) is 9.79 Å². The highest BCUT2D eigenvalue weighted by Gasteiger charge is 2.26. The molecule has 38 heavy (non-hydrogen) atoms. The number of hydrogen-bond donors (Lipinski definition) is 0. The fourth-order valence-corrected chi connectivity index (χ4v) is 3.90. The second-order valence-corrected chi connectivity index (χ2v) is 8.48. The van der Waals surface area contributed by atoms with E-state index in [0.29, 0.717) is 34.6 Å². The normalized spacial score (nSPS) is 13.7. The number of carbonyl (C=O) groups excluding carboxylic acids is 1. The summed E-state index contributed by atoms with van der Waals surface area (Å²) < 4.78 is 16.8. The second-order valence-electron chi connectivity index (χ2n) is 8.07. The molecule has 0 atom stereocenters. The van der Waals surface area contributed by atoms with E-state index in [0.717, 1.165) is 0 Å². The molecular formula is C26H20ClN3O8. The Hall–Kier alpha value is -4.77. The van der Waals surface area contributed by atoms with Crippen molar-refractivity contribution in [2.45, 2.75) is 20.5 Å². The summed E-state index contributed by atoms with van der Waals surface area (Å²) in [5.74, 6) is -0.0640. The molecule has 0 spiro atoms. The van der Waals surface area contributed by atoms with Crippen LogP contribution in [0.5, 0.6) is 11.5 Å². The fraction of sp³-hybridized carbons (Fsp3) is 0.154. The summed E-state index contributed by atoms with van der Waals surface area (Å²) in [6.07, 6.45) is 1.47. The Morgan fingerprint density at radius 2 is 1.76 bits per heavy atom. The van der Waals surface area contributed by atoms with Crippen molar-refractivity contribution in [2.75, 3.05) is 6.61 Å². The van der Waals surface area contributed by atoms with Gasteiger partial charge in [0.05, 0.1) is 21.5 Å². The van der Waals surface area contributed by atoms with Crippen LogP contribution < -0.4 is 9.47 Å². The molecule has 1 aliphatic rings. The van der Waals surface area contributed by atoms with Crippen molar-refractivity contribution in [3.05, 3.63) is 108 Å². The summed E-state index contributed by atoms with van der Waals surface area (Å²) in [5.41, 5.74) is 1.95. The van der Waals surface area contributed by atoms with Gasteiger partial charge in [0.25, 0.3) is 11.4 Å². The van der Waals surface area contributed by atoms with E-state index >= 15 is 0 Å². The number of aliphatic imine (C=N–C) groups is 1. The number of benzene rings is 3. The van der Waals surface area contributed by atoms with E-state index in [1.165, 1.54) is 36.4 Å². The smallest absolute Gasteiger partial charge is 0.363 e. The number of aryl methyl sites for hydroxylation is 1. The van der Waals surface area contributed by atoms with Crippen molar-refractivity contribution in [3.8, 4) is 11.5 Å². The lowest BCUT2D eigenvalue weighted by atomic mass is 10.1. The number of rotatable bonds is 9. The maximum atomic E-state index is 12.5. The molecule has 0 N–H and O–H groups in total. The van der Waals surface area contributed by atoms with Gasteiger partial charge in [-0.3, -0.25) is 20.2 Å². The van der Waals surface area contributed by atoms with Crippen molar-refractivity contribution in [3.63, 3.8) is 0 Å². The zero-order chi connectivity index (χ0) is 27.4. The third-order valence-corrected chi connectivity index (χ3v) is 5.71. The van der Waals surface area contributed by atoms with Crippen molar-refractivity contribution in [1.82, 2.24) is 0 Å². The van der Waals surface area contributed by atoms with E-state index in [2.05, 4.69) is 4.99 Å². The van der Waals surface area contributed by atoms with E-state index < -0.39 is 15.8 Å². The molecular weight excluding hydrogens is 518 g/mol. The molecule has 3 aromatic rings. The first kappa shape index (κ1) is 26.3. The number of non-ortho nitro benzene ring substituents is 1. The molecule has 1 aliphatic heterocycles. The number of halogens is 1. The summed E-state index contributed by atoms with van der Waals surface area (Å²) in [4.78, 5) is 37.6. The maximum absolute atomic E-state index is 12.5. The summed E-state index contributed by atoms with van der Waals surface area (Å²) in [7, 11) is 0. The Morgan fingerprint density at radius 3 is 2.39 bits per heavy atom. The first-order valence-corrected chi connectivity index (χ1v) is 11.6.